The Bertz CT molecular complexity index is 801. The molecule has 1 aliphatic rings. The van der Waals surface area contributed by atoms with Crippen LogP contribution in [0.3, 0.4) is 0 Å². The lowest BCUT2D eigenvalue weighted by atomic mass is 10.1. The Kier molecular flexibility index (Phi) is 4.86. The third kappa shape index (κ3) is 4.06. The average Bonchev–Trinajstić information content (AvgIpc) is 3.32. The number of rotatable bonds is 5. The van der Waals surface area contributed by atoms with Gasteiger partial charge in [0.25, 0.3) is 5.91 Å². The van der Waals surface area contributed by atoms with Gasteiger partial charge in [-0.3, -0.25) is 9.59 Å². The number of aliphatic hydroxyl groups excluding tert-OH is 1. The summed E-state index contributed by atoms with van der Waals surface area (Å²) >= 11 is 0. The smallest absolute Gasteiger partial charge is 0.255 e. The molecule has 25 heavy (non-hydrogen) atoms. The lowest BCUT2D eigenvalue weighted by Gasteiger charge is -2.13. The molecule has 0 heterocycles. The van der Waals surface area contributed by atoms with E-state index < -0.39 is 6.10 Å². The molecule has 3 unspecified atom stereocenters. The summed E-state index contributed by atoms with van der Waals surface area (Å²) in [6.45, 7) is 3.70. The first kappa shape index (κ1) is 17.2. The third-order valence-electron chi connectivity index (χ3n) is 4.50. The van der Waals surface area contributed by atoms with E-state index >= 15 is 0 Å². The minimum Gasteiger partial charge on any atom is -0.389 e. The Labute approximate surface area is 147 Å². The zero-order valence-electron chi connectivity index (χ0n) is 14.3. The molecule has 0 radical (unpaired) electrons. The van der Waals surface area contributed by atoms with Crippen LogP contribution in [0.4, 0.5) is 11.4 Å². The van der Waals surface area contributed by atoms with Crippen molar-refractivity contribution >= 4 is 23.2 Å². The maximum Gasteiger partial charge on any atom is 0.255 e. The summed E-state index contributed by atoms with van der Waals surface area (Å²) in [7, 11) is 0. The van der Waals surface area contributed by atoms with Gasteiger partial charge in [0, 0.05) is 28.4 Å². The number of amides is 2. The van der Waals surface area contributed by atoms with Gasteiger partial charge in [-0.25, -0.2) is 0 Å². The molecule has 5 heteroatoms. The summed E-state index contributed by atoms with van der Waals surface area (Å²) in [5.74, 6) is 0.229. The van der Waals surface area contributed by atoms with Crippen molar-refractivity contribution in [2.24, 2.45) is 11.8 Å². The molecule has 0 spiro atoms. The number of carbonyl (C=O) groups excluding carboxylic acids is 2. The monoisotopic (exact) mass is 338 g/mol. The van der Waals surface area contributed by atoms with Gasteiger partial charge in [0.05, 0.1) is 6.10 Å². The van der Waals surface area contributed by atoms with Crippen LogP contribution < -0.4 is 10.6 Å². The Hall–Kier alpha value is -2.66. The molecule has 1 aliphatic carbocycles. The second kappa shape index (κ2) is 7.07. The summed E-state index contributed by atoms with van der Waals surface area (Å²) in [4.78, 5) is 24.6. The minimum atomic E-state index is -0.678. The predicted molar refractivity (Wildman–Crippen MR) is 97.4 cm³/mol. The predicted octanol–water partition coefficient (Wildman–Crippen LogP) is 3.59. The van der Waals surface area contributed by atoms with Gasteiger partial charge >= 0.3 is 0 Å². The fraction of sp³-hybridized carbons (Fsp3) is 0.300. The molecule has 2 amide bonds. The van der Waals surface area contributed by atoms with E-state index in [1.165, 1.54) is 0 Å². The van der Waals surface area contributed by atoms with Crippen LogP contribution in [0.1, 0.15) is 42.3 Å². The summed E-state index contributed by atoms with van der Waals surface area (Å²) in [5.41, 5.74) is 2.29. The van der Waals surface area contributed by atoms with E-state index in [2.05, 4.69) is 10.6 Å². The lowest BCUT2D eigenvalue weighted by Crippen LogP contribution is -2.16. The van der Waals surface area contributed by atoms with Crippen LogP contribution in [0.2, 0.25) is 0 Å². The first-order valence-electron chi connectivity index (χ1n) is 8.45. The highest BCUT2D eigenvalue weighted by Crippen LogP contribution is 2.38. The molecule has 1 saturated carbocycles. The summed E-state index contributed by atoms with van der Waals surface area (Å²) < 4.78 is 0. The number of para-hydroxylation sites is 1. The molecule has 5 nitrogen and oxygen atoms in total. The highest BCUT2D eigenvalue weighted by molar-refractivity contribution is 6.06. The van der Waals surface area contributed by atoms with E-state index in [1.54, 1.807) is 49.4 Å². The van der Waals surface area contributed by atoms with E-state index in [4.69, 9.17) is 0 Å². The number of nitrogens with one attached hydrogen (secondary N) is 2. The SMILES string of the molecule is CC(O)c1ccccc1NC(=O)c1cccc(NC(=O)C2CC2C)c1. The average molecular weight is 338 g/mol. The number of aliphatic hydroxyl groups is 1. The Balaban J connectivity index is 1.72. The number of anilines is 2. The van der Waals surface area contributed by atoms with Gasteiger partial charge in [-0.1, -0.05) is 31.2 Å². The highest BCUT2D eigenvalue weighted by atomic mass is 16.3. The van der Waals surface area contributed by atoms with Crippen LogP contribution in [0, 0.1) is 11.8 Å². The topological polar surface area (TPSA) is 78.4 Å². The molecule has 2 aromatic rings. The lowest BCUT2D eigenvalue weighted by molar-refractivity contribution is -0.117. The van der Waals surface area contributed by atoms with Crippen molar-refractivity contribution in [2.45, 2.75) is 26.4 Å². The number of hydrogen-bond acceptors (Lipinski definition) is 3. The standard InChI is InChI=1S/C20H22N2O3/c1-12-10-17(12)20(25)21-15-7-5-6-14(11-15)19(24)22-18-9-4-3-8-16(18)13(2)23/h3-9,11-13,17,23H,10H2,1-2H3,(H,21,25)(H,22,24). The number of hydrogen-bond donors (Lipinski definition) is 3. The molecule has 2 aromatic carbocycles. The van der Waals surface area contributed by atoms with Crippen molar-refractivity contribution in [1.29, 1.82) is 0 Å². The second-order valence-electron chi connectivity index (χ2n) is 6.61. The van der Waals surface area contributed by atoms with E-state index in [0.717, 1.165) is 6.42 Å². The van der Waals surface area contributed by atoms with E-state index in [0.29, 0.717) is 28.4 Å². The minimum absolute atomic E-state index is 0.00418. The summed E-state index contributed by atoms with van der Waals surface area (Å²) in [5, 5.41) is 15.5. The van der Waals surface area contributed by atoms with Crippen LogP contribution in [0.15, 0.2) is 48.5 Å². The van der Waals surface area contributed by atoms with Crippen molar-refractivity contribution in [3.8, 4) is 0 Å². The van der Waals surface area contributed by atoms with Crippen molar-refractivity contribution < 1.29 is 14.7 Å². The van der Waals surface area contributed by atoms with Gasteiger partial charge in [0.15, 0.2) is 0 Å². The molecule has 130 valence electrons. The van der Waals surface area contributed by atoms with E-state index in [-0.39, 0.29) is 17.7 Å². The molecule has 3 atom stereocenters. The molecule has 0 aromatic heterocycles. The van der Waals surface area contributed by atoms with Crippen molar-refractivity contribution in [2.75, 3.05) is 10.6 Å². The first-order valence-corrected chi connectivity index (χ1v) is 8.45. The van der Waals surface area contributed by atoms with Gasteiger partial charge in [0.1, 0.15) is 0 Å². The quantitative estimate of drug-likeness (QED) is 0.779. The first-order chi connectivity index (χ1) is 12.0. The van der Waals surface area contributed by atoms with Gasteiger partial charge in [-0.2, -0.15) is 0 Å². The fourth-order valence-corrected chi connectivity index (χ4v) is 2.83. The molecule has 3 N–H and O–H groups in total. The molecule has 3 rings (SSSR count). The largest absolute Gasteiger partial charge is 0.389 e. The third-order valence-corrected chi connectivity index (χ3v) is 4.50. The van der Waals surface area contributed by atoms with Crippen molar-refractivity contribution in [3.05, 3.63) is 59.7 Å². The van der Waals surface area contributed by atoms with E-state index in [9.17, 15) is 14.7 Å². The number of carbonyl (C=O) groups is 2. The zero-order valence-corrected chi connectivity index (χ0v) is 14.3. The molecular weight excluding hydrogens is 316 g/mol. The molecule has 0 bridgehead atoms. The van der Waals surface area contributed by atoms with E-state index in [1.807, 2.05) is 13.0 Å². The van der Waals surface area contributed by atoms with Crippen LogP contribution in [-0.4, -0.2) is 16.9 Å². The van der Waals surface area contributed by atoms with Crippen LogP contribution >= 0.6 is 0 Å². The summed E-state index contributed by atoms with van der Waals surface area (Å²) in [6, 6.07) is 14.0. The summed E-state index contributed by atoms with van der Waals surface area (Å²) in [6.07, 6.45) is 0.241. The Morgan fingerprint density at radius 2 is 1.84 bits per heavy atom. The Morgan fingerprint density at radius 1 is 1.12 bits per heavy atom. The molecular formula is C20H22N2O3. The molecule has 1 fully saturated rings. The molecule has 0 saturated heterocycles. The normalized spacial score (nSPS) is 19.8. The van der Waals surface area contributed by atoms with Crippen molar-refractivity contribution in [3.63, 3.8) is 0 Å². The van der Waals surface area contributed by atoms with Gasteiger partial charge in [0.2, 0.25) is 5.91 Å². The maximum absolute atomic E-state index is 12.5. The van der Waals surface area contributed by atoms with Gasteiger partial charge < -0.3 is 15.7 Å². The van der Waals surface area contributed by atoms with Crippen LogP contribution in [-0.2, 0) is 4.79 Å². The van der Waals surface area contributed by atoms with Crippen molar-refractivity contribution in [1.82, 2.24) is 0 Å². The molecule has 0 aliphatic heterocycles. The number of benzene rings is 2. The Morgan fingerprint density at radius 3 is 2.52 bits per heavy atom. The fourth-order valence-electron chi connectivity index (χ4n) is 2.83. The van der Waals surface area contributed by atoms with Gasteiger partial charge in [-0.05, 0) is 43.5 Å². The maximum atomic E-state index is 12.5. The zero-order chi connectivity index (χ0) is 18.0. The second-order valence-corrected chi connectivity index (χ2v) is 6.61. The van der Waals surface area contributed by atoms with Crippen LogP contribution in [0.25, 0.3) is 0 Å². The highest BCUT2D eigenvalue weighted by Gasteiger charge is 2.39. The van der Waals surface area contributed by atoms with Gasteiger partial charge in [-0.15, -0.1) is 0 Å². The van der Waals surface area contributed by atoms with Crippen LogP contribution in [0.5, 0.6) is 0 Å².